The van der Waals surface area contributed by atoms with Crippen LogP contribution in [0.4, 0.5) is 5.69 Å². The van der Waals surface area contributed by atoms with Gasteiger partial charge < -0.3 is 9.64 Å². The van der Waals surface area contributed by atoms with Crippen LogP contribution < -0.4 is 9.64 Å². The Kier molecular flexibility index (Phi) is 5.76. The van der Waals surface area contributed by atoms with Crippen LogP contribution >= 0.6 is 0 Å². The second-order valence-corrected chi connectivity index (χ2v) is 6.59. The van der Waals surface area contributed by atoms with Gasteiger partial charge in [-0.3, -0.25) is 4.90 Å². The number of rotatable bonds is 6. The number of nitrogens with zero attached hydrogens (tertiary/aromatic N) is 2. The van der Waals surface area contributed by atoms with E-state index in [1.165, 1.54) is 17.7 Å². The van der Waals surface area contributed by atoms with Crippen molar-refractivity contribution in [3.63, 3.8) is 0 Å². The number of aryl methyl sites for hydroxylation is 1. The zero-order chi connectivity index (χ0) is 16.8. The normalized spacial score (nSPS) is 16.8. The Morgan fingerprint density at radius 3 is 2.21 bits per heavy atom. The smallest absolute Gasteiger partial charge is 0.118 e. The predicted molar refractivity (Wildman–Crippen MR) is 101 cm³/mol. The van der Waals surface area contributed by atoms with Crippen molar-refractivity contribution in [3.8, 4) is 5.75 Å². The van der Waals surface area contributed by atoms with Crippen LogP contribution in [0.15, 0.2) is 54.6 Å². The first kappa shape index (κ1) is 16.8. The zero-order valence-corrected chi connectivity index (χ0v) is 14.8. The van der Waals surface area contributed by atoms with Crippen molar-refractivity contribution in [2.24, 2.45) is 0 Å². The summed E-state index contributed by atoms with van der Waals surface area (Å²) in [5.41, 5.74) is 2.74. The first-order valence-corrected chi connectivity index (χ1v) is 8.93. The Morgan fingerprint density at radius 2 is 1.58 bits per heavy atom. The quantitative estimate of drug-likeness (QED) is 0.803. The third-order valence-corrected chi connectivity index (χ3v) is 5.07. The lowest BCUT2D eigenvalue weighted by atomic mass is 10.0. The van der Waals surface area contributed by atoms with Gasteiger partial charge in [0.05, 0.1) is 7.11 Å². The van der Waals surface area contributed by atoms with Gasteiger partial charge in [-0.1, -0.05) is 30.3 Å². The highest BCUT2D eigenvalue weighted by Gasteiger charge is 2.20. The summed E-state index contributed by atoms with van der Waals surface area (Å²) in [5.74, 6) is 0.934. The number of benzene rings is 2. The predicted octanol–water partition coefficient (Wildman–Crippen LogP) is 3.84. The van der Waals surface area contributed by atoms with E-state index in [1.54, 1.807) is 7.11 Å². The highest BCUT2D eigenvalue weighted by atomic mass is 16.5. The summed E-state index contributed by atoms with van der Waals surface area (Å²) in [4.78, 5) is 5.12. The Morgan fingerprint density at radius 1 is 0.917 bits per heavy atom. The molecular weight excluding hydrogens is 296 g/mol. The van der Waals surface area contributed by atoms with Gasteiger partial charge in [0.15, 0.2) is 0 Å². The van der Waals surface area contributed by atoms with Crippen LogP contribution in [0.5, 0.6) is 5.75 Å². The molecule has 1 aliphatic rings. The lowest BCUT2D eigenvalue weighted by Crippen LogP contribution is -2.49. The van der Waals surface area contributed by atoms with E-state index in [-0.39, 0.29) is 0 Å². The number of piperazine rings is 1. The summed E-state index contributed by atoms with van der Waals surface area (Å²) >= 11 is 0. The van der Waals surface area contributed by atoms with E-state index in [9.17, 15) is 0 Å². The molecule has 1 fully saturated rings. The van der Waals surface area contributed by atoms with Gasteiger partial charge in [-0.15, -0.1) is 0 Å². The summed E-state index contributed by atoms with van der Waals surface area (Å²) in [6.07, 6.45) is 2.34. The van der Waals surface area contributed by atoms with E-state index in [1.807, 2.05) is 0 Å². The fourth-order valence-corrected chi connectivity index (χ4v) is 3.41. The maximum absolute atomic E-state index is 5.22. The van der Waals surface area contributed by atoms with Gasteiger partial charge in [0.25, 0.3) is 0 Å². The van der Waals surface area contributed by atoms with E-state index >= 15 is 0 Å². The monoisotopic (exact) mass is 324 g/mol. The second kappa shape index (κ2) is 8.20. The van der Waals surface area contributed by atoms with Crippen LogP contribution in [-0.2, 0) is 6.42 Å². The van der Waals surface area contributed by atoms with E-state index in [0.29, 0.717) is 6.04 Å². The minimum absolute atomic E-state index is 0.630. The van der Waals surface area contributed by atoms with Crippen LogP contribution in [-0.4, -0.2) is 44.2 Å². The molecule has 0 N–H and O–H groups in total. The van der Waals surface area contributed by atoms with E-state index in [0.717, 1.165) is 38.3 Å². The molecular formula is C21H28N2O. The first-order chi connectivity index (χ1) is 11.8. The Labute approximate surface area is 145 Å². The summed E-state index contributed by atoms with van der Waals surface area (Å²) in [7, 11) is 1.71. The lowest BCUT2D eigenvalue weighted by molar-refractivity contribution is 0.189. The molecule has 0 aromatic heterocycles. The fourth-order valence-electron chi connectivity index (χ4n) is 3.41. The fraction of sp³-hybridized carbons (Fsp3) is 0.429. The van der Waals surface area contributed by atoms with Crippen molar-refractivity contribution < 1.29 is 4.74 Å². The van der Waals surface area contributed by atoms with E-state index in [2.05, 4.69) is 71.3 Å². The zero-order valence-electron chi connectivity index (χ0n) is 14.8. The van der Waals surface area contributed by atoms with Gasteiger partial charge in [0, 0.05) is 37.9 Å². The summed E-state index contributed by atoms with van der Waals surface area (Å²) in [5, 5.41) is 0. The number of hydrogen-bond donors (Lipinski definition) is 0. The Hall–Kier alpha value is -2.00. The van der Waals surface area contributed by atoms with Gasteiger partial charge in [-0.05, 0) is 49.6 Å². The van der Waals surface area contributed by atoms with Crippen LogP contribution in [0.25, 0.3) is 0 Å². The molecule has 2 aromatic rings. The van der Waals surface area contributed by atoms with Gasteiger partial charge >= 0.3 is 0 Å². The maximum atomic E-state index is 5.22. The highest BCUT2D eigenvalue weighted by molar-refractivity contribution is 5.46. The molecule has 1 saturated heterocycles. The Bertz CT molecular complexity index is 603. The van der Waals surface area contributed by atoms with Crippen LogP contribution in [0.1, 0.15) is 18.9 Å². The molecule has 1 atom stereocenters. The van der Waals surface area contributed by atoms with Gasteiger partial charge in [-0.25, -0.2) is 0 Å². The molecule has 0 bridgehead atoms. The summed E-state index contributed by atoms with van der Waals surface area (Å²) in [6.45, 7) is 6.91. The molecule has 2 aromatic carbocycles. The van der Waals surface area contributed by atoms with Crippen LogP contribution in [0.3, 0.4) is 0 Å². The topological polar surface area (TPSA) is 15.7 Å². The largest absolute Gasteiger partial charge is 0.497 e. The number of hydrogen-bond acceptors (Lipinski definition) is 3. The third-order valence-electron chi connectivity index (χ3n) is 5.07. The minimum Gasteiger partial charge on any atom is -0.497 e. The van der Waals surface area contributed by atoms with Gasteiger partial charge in [0.2, 0.25) is 0 Å². The average molecular weight is 324 g/mol. The molecule has 0 aliphatic carbocycles. The maximum Gasteiger partial charge on any atom is 0.118 e. The van der Waals surface area contributed by atoms with Gasteiger partial charge in [-0.2, -0.15) is 0 Å². The molecule has 0 saturated carbocycles. The van der Waals surface area contributed by atoms with Crippen molar-refractivity contribution in [1.29, 1.82) is 0 Å². The number of para-hydroxylation sites is 1. The number of methoxy groups -OCH3 is 1. The molecule has 3 heteroatoms. The molecule has 0 amide bonds. The van der Waals surface area contributed by atoms with Crippen molar-refractivity contribution >= 4 is 5.69 Å². The molecule has 0 spiro atoms. The molecule has 3 nitrogen and oxygen atoms in total. The number of anilines is 1. The van der Waals surface area contributed by atoms with E-state index < -0.39 is 0 Å². The molecule has 3 rings (SSSR count). The SMILES string of the molecule is COc1ccc(CCC(C)N2CCN(c3ccccc3)CC2)cc1. The van der Waals surface area contributed by atoms with Crippen LogP contribution in [0, 0.1) is 0 Å². The molecule has 24 heavy (non-hydrogen) atoms. The molecule has 1 unspecified atom stereocenters. The number of ether oxygens (including phenoxy) is 1. The van der Waals surface area contributed by atoms with Crippen molar-refractivity contribution in [1.82, 2.24) is 4.90 Å². The average Bonchev–Trinajstić information content (AvgIpc) is 2.67. The minimum atomic E-state index is 0.630. The summed E-state index contributed by atoms with van der Waals surface area (Å²) < 4.78 is 5.22. The Balaban J connectivity index is 1.45. The lowest BCUT2D eigenvalue weighted by Gasteiger charge is -2.39. The first-order valence-electron chi connectivity index (χ1n) is 8.93. The highest BCUT2D eigenvalue weighted by Crippen LogP contribution is 2.19. The molecule has 1 aliphatic heterocycles. The standard InChI is InChI=1S/C21H28N2O/c1-18(8-9-19-10-12-21(24-2)13-11-19)22-14-16-23(17-15-22)20-6-4-3-5-7-20/h3-7,10-13,18H,8-9,14-17H2,1-2H3. The van der Waals surface area contributed by atoms with Crippen LogP contribution in [0.2, 0.25) is 0 Å². The van der Waals surface area contributed by atoms with Crippen molar-refractivity contribution in [2.75, 3.05) is 38.2 Å². The molecule has 1 heterocycles. The van der Waals surface area contributed by atoms with Gasteiger partial charge in [0.1, 0.15) is 5.75 Å². The van der Waals surface area contributed by atoms with Crippen molar-refractivity contribution in [2.45, 2.75) is 25.8 Å². The molecule has 0 radical (unpaired) electrons. The second-order valence-electron chi connectivity index (χ2n) is 6.59. The third kappa shape index (κ3) is 4.30. The molecule has 128 valence electrons. The van der Waals surface area contributed by atoms with E-state index in [4.69, 9.17) is 4.74 Å². The van der Waals surface area contributed by atoms with Crippen molar-refractivity contribution in [3.05, 3.63) is 60.2 Å². The summed E-state index contributed by atoms with van der Waals surface area (Å²) in [6, 6.07) is 19.9.